The van der Waals surface area contributed by atoms with Crippen molar-refractivity contribution in [3.63, 3.8) is 0 Å². The van der Waals surface area contributed by atoms with Gasteiger partial charge in [-0.05, 0) is 61.4 Å². The molecule has 1 aromatic rings. The van der Waals surface area contributed by atoms with Gasteiger partial charge in [-0.2, -0.15) is 0 Å². The largest absolute Gasteiger partial charge is 0.491 e. The minimum atomic E-state index is 0.207. The van der Waals surface area contributed by atoms with Crippen LogP contribution in [0.5, 0.6) is 11.5 Å². The summed E-state index contributed by atoms with van der Waals surface area (Å²) in [6.07, 6.45) is 3.02. The van der Waals surface area contributed by atoms with Crippen molar-refractivity contribution in [1.82, 2.24) is 0 Å². The summed E-state index contributed by atoms with van der Waals surface area (Å²) in [4.78, 5) is 0. The maximum atomic E-state index is 5.79. The summed E-state index contributed by atoms with van der Waals surface area (Å²) in [6.45, 7) is 4.05. The highest BCUT2D eigenvalue weighted by Crippen LogP contribution is 2.32. The van der Waals surface area contributed by atoms with Gasteiger partial charge in [0.2, 0.25) is 0 Å². The van der Waals surface area contributed by atoms with Crippen LogP contribution >= 0.6 is 22.6 Å². The lowest BCUT2D eigenvalue weighted by molar-refractivity contribution is 0.239. The van der Waals surface area contributed by atoms with E-state index < -0.39 is 0 Å². The Morgan fingerprint density at radius 2 is 2.07 bits per heavy atom. The number of hydrogen-bond acceptors (Lipinski definition) is 2. The van der Waals surface area contributed by atoms with Crippen molar-refractivity contribution in [3.05, 3.63) is 21.8 Å². The molecule has 0 aromatic heterocycles. The number of halogens is 1. The van der Waals surface area contributed by atoms with Crippen molar-refractivity contribution in [2.75, 3.05) is 0 Å². The van der Waals surface area contributed by atoms with Gasteiger partial charge >= 0.3 is 0 Å². The molecule has 0 N–H and O–H groups in total. The lowest BCUT2D eigenvalue weighted by Crippen LogP contribution is -2.06. The first-order valence-electron chi connectivity index (χ1n) is 5.28. The standard InChI is InChI=1S/C12H15IO2/c1-8(2)14-10-5-6-11(13)12(7-10)15-9-3-4-9/h5-9H,3-4H2,1-2H3. The molecule has 0 heterocycles. The molecular weight excluding hydrogens is 303 g/mol. The highest BCUT2D eigenvalue weighted by Gasteiger charge is 2.24. The number of benzene rings is 1. The topological polar surface area (TPSA) is 18.5 Å². The molecule has 1 aliphatic rings. The van der Waals surface area contributed by atoms with Gasteiger partial charge in [-0.15, -0.1) is 0 Å². The Morgan fingerprint density at radius 1 is 1.33 bits per heavy atom. The van der Waals surface area contributed by atoms with Crippen LogP contribution in [0.15, 0.2) is 18.2 Å². The normalized spacial score (nSPS) is 15.5. The minimum Gasteiger partial charge on any atom is -0.491 e. The second kappa shape index (κ2) is 4.60. The predicted molar refractivity (Wildman–Crippen MR) is 68.6 cm³/mol. The van der Waals surface area contributed by atoms with Crippen molar-refractivity contribution < 1.29 is 9.47 Å². The maximum absolute atomic E-state index is 5.79. The third kappa shape index (κ3) is 3.26. The van der Waals surface area contributed by atoms with Crippen molar-refractivity contribution >= 4 is 22.6 Å². The van der Waals surface area contributed by atoms with Gasteiger partial charge in [0.05, 0.1) is 15.8 Å². The average molecular weight is 318 g/mol. The molecule has 1 aromatic carbocycles. The molecule has 1 saturated carbocycles. The van der Waals surface area contributed by atoms with E-state index in [1.807, 2.05) is 32.0 Å². The van der Waals surface area contributed by atoms with E-state index in [0.29, 0.717) is 6.10 Å². The first-order chi connectivity index (χ1) is 7.15. The molecule has 2 rings (SSSR count). The number of hydrogen-bond donors (Lipinski definition) is 0. The van der Waals surface area contributed by atoms with E-state index in [2.05, 4.69) is 22.6 Å². The van der Waals surface area contributed by atoms with Crippen LogP contribution in [0, 0.1) is 3.57 Å². The van der Waals surface area contributed by atoms with Gasteiger partial charge in [0.1, 0.15) is 11.5 Å². The van der Waals surface area contributed by atoms with Gasteiger partial charge in [0.15, 0.2) is 0 Å². The Kier molecular flexibility index (Phi) is 3.38. The first-order valence-corrected chi connectivity index (χ1v) is 6.36. The molecule has 3 heteroatoms. The van der Waals surface area contributed by atoms with Crippen molar-refractivity contribution in [1.29, 1.82) is 0 Å². The molecular formula is C12H15IO2. The smallest absolute Gasteiger partial charge is 0.136 e. The Balaban J connectivity index is 2.12. The second-order valence-electron chi connectivity index (χ2n) is 4.08. The summed E-state index contributed by atoms with van der Waals surface area (Å²) >= 11 is 2.29. The fourth-order valence-corrected chi connectivity index (χ4v) is 1.75. The van der Waals surface area contributed by atoms with E-state index in [1.165, 1.54) is 12.8 Å². The lowest BCUT2D eigenvalue weighted by atomic mass is 10.3. The zero-order valence-electron chi connectivity index (χ0n) is 9.00. The van der Waals surface area contributed by atoms with Crippen LogP contribution in [0.1, 0.15) is 26.7 Å². The molecule has 1 aliphatic carbocycles. The van der Waals surface area contributed by atoms with E-state index in [4.69, 9.17) is 9.47 Å². The van der Waals surface area contributed by atoms with Crippen LogP contribution in [0.2, 0.25) is 0 Å². The summed E-state index contributed by atoms with van der Waals surface area (Å²) in [5, 5.41) is 0. The summed E-state index contributed by atoms with van der Waals surface area (Å²) in [5.74, 6) is 1.84. The van der Waals surface area contributed by atoms with Crippen molar-refractivity contribution in [3.8, 4) is 11.5 Å². The van der Waals surface area contributed by atoms with Gasteiger partial charge in [-0.3, -0.25) is 0 Å². The Morgan fingerprint density at radius 3 is 2.67 bits per heavy atom. The zero-order valence-corrected chi connectivity index (χ0v) is 11.2. The van der Waals surface area contributed by atoms with Crippen LogP contribution in [0.25, 0.3) is 0 Å². The quantitative estimate of drug-likeness (QED) is 0.790. The molecule has 0 bridgehead atoms. The van der Waals surface area contributed by atoms with Gasteiger partial charge in [-0.25, -0.2) is 0 Å². The lowest BCUT2D eigenvalue weighted by Gasteiger charge is -2.12. The van der Waals surface area contributed by atoms with Crippen LogP contribution in [0.3, 0.4) is 0 Å². The Hall–Kier alpha value is -0.450. The van der Waals surface area contributed by atoms with Gasteiger partial charge in [0, 0.05) is 6.07 Å². The van der Waals surface area contributed by atoms with Gasteiger partial charge < -0.3 is 9.47 Å². The highest BCUT2D eigenvalue weighted by molar-refractivity contribution is 14.1. The van der Waals surface area contributed by atoms with E-state index >= 15 is 0 Å². The highest BCUT2D eigenvalue weighted by atomic mass is 127. The van der Waals surface area contributed by atoms with Crippen LogP contribution in [-0.4, -0.2) is 12.2 Å². The summed E-state index contributed by atoms with van der Waals surface area (Å²) in [5.41, 5.74) is 0. The molecule has 0 radical (unpaired) electrons. The minimum absolute atomic E-state index is 0.207. The Bertz CT molecular complexity index is 345. The molecule has 0 atom stereocenters. The maximum Gasteiger partial charge on any atom is 0.136 e. The summed E-state index contributed by atoms with van der Waals surface area (Å²) in [6, 6.07) is 6.01. The van der Waals surface area contributed by atoms with Crippen molar-refractivity contribution in [2.45, 2.75) is 38.9 Å². The third-order valence-electron chi connectivity index (χ3n) is 2.09. The van der Waals surface area contributed by atoms with E-state index in [9.17, 15) is 0 Å². The molecule has 0 unspecified atom stereocenters. The fraction of sp³-hybridized carbons (Fsp3) is 0.500. The summed E-state index contributed by atoms with van der Waals surface area (Å²) in [7, 11) is 0. The zero-order chi connectivity index (χ0) is 10.8. The Labute approximate surface area is 104 Å². The molecule has 0 aliphatic heterocycles. The van der Waals surface area contributed by atoms with E-state index in [0.717, 1.165) is 15.1 Å². The number of ether oxygens (including phenoxy) is 2. The predicted octanol–water partition coefficient (Wildman–Crippen LogP) is 3.62. The molecule has 1 fully saturated rings. The molecule has 0 saturated heterocycles. The second-order valence-corrected chi connectivity index (χ2v) is 5.24. The summed E-state index contributed by atoms with van der Waals surface area (Å²) < 4.78 is 12.6. The molecule has 2 nitrogen and oxygen atoms in total. The van der Waals surface area contributed by atoms with Crippen LogP contribution in [-0.2, 0) is 0 Å². The van der Waals surface area contributed by atoms with Crippen molar-refractivity contribution in [2.24, 2.45) is 0 Å². The monoisotopic (exact) mass is 318 g/mol. The average Bonchev–Trinajstić information content (AvgIpc) is 2.94. The molecule has 0 spiro atoms. The van der Waals surface area contributed by atoms with Gasteiger partial charge in [0.25, 0.3) is 0 Å². The van der Waals surface area contributed by atoms with Crippen LogP contribution in [0.4, 0.5) is 0 Å². The molecule has 0 amide bonds. The number of rotatable bonds is 4. The fourth-order valence-electron chi connectivity index (χ4n) is 1.28. The van der Waals surface area contributed by atoms with Gasteiger partial charge in [-0.1, -0.05) is 0 Å². The first kappa shape index (κ1) is 11.0. The third-order valence-corrected chi connectivity index (χ3v) is 2.98. The molecule has 15 heavy (non-hydrogen) atoms. The SMILES string of the molecule is CC(C)Oc1ccc(I)c(OC2CC2)c1. The molecule has 82 valence electrons. The van der Waals surface area contributed by atoms with Crippen LogP contribution < -0.4 is 9.47 Å². The van der Waals surface area contributed by atoms with E-state index in [-0.39, 0.29) is 6.10 Å². The van der Waals surface area contributed by atoms with E-state index in [1.54, 1.807) is 0 Å².